The summed E-state index contributed by atoms with van der Waals surface area (Å²) in [5, 5.41) is 3.68. The minimum absolute atomic E-state index is 0.309. The van der Waals surface area contributed by atoms with Crippen molar-refractivity contribution >= 4 is 28.8 Å². The number of halogens is 2. The first kappa shape index (κ1) is 15.7. The van der Waals surface area contributed by atoms with Gasteiger partial charge in [0.1, 0.15) is 23.0 Å². The van der Waals surface area contributed by atoms with E-state index in [1.54, 1.807) is 19.1 Å². The Morgan fingerprint density at radius 1 is 1.00 bits per heavy atom. The molecule has 0 atom stereocenters. The molecule has 1 N–H and O–H groups in total. The molecule has 0 aliphatic rings. The van der Waals surface area contributed by atoms with Crippen LogP contribution in [0.15, 0.2) is 66.9 Å². The summed E-state index contributed by atoms with van der Waals surface area (Å²) in [7, 11) is 0. The fraction of sp³-hybridized carbons (Fsp3) is 0.0500. The largest absolute Gasteiger partial charge is 0.339 e. The fourth-order valence-electron chi connectivity index (χ4n) is 2.82. The number of hydrogen-bond donors (Lipinski definition) is 1. The Bertz CT molecular complexity index is 1060. The molecule has 0 saturated carbocycles. The maximum atomic E-state index is 14.8. The van der Waals surface area contributed by atoms with E-state index in [1.165, 1.54) is 0 Å². The van der Waals surface area contributed by atoms with E-state index in [4.69, 9.17) is 11.6 Å². The number of pyridine rings is 1. The molecular weight excluding hydrogens is 337 g/mol. The van der Waals surface area contributed by atoms with Gasteiger partial charge in [-0.2, -0.15) is 0 Å². The second-order valence-corrected chi connectivity index (χ2v) is 6.19. The third-order valence-electron chi connectivity index (χ3n) is 4.09. The lowest BCUT2D eigenvalue weighted by molar-refractivity contribution is 0.622. The summed E-state index contributed by atoms with van der Waals surface area (Å²) >= 11 is 6.32. The van der Waals surface area contributed by atoms with Crippen molar-refractivity contribution in [3.63, 3.8) is 0 Å². The molecule has 0 saturated heterocycles. The van der Waals surface area contributed by atoms with Crippen molar-refractivity contribution in [2.75, 3.05) is 5.32 Å². The van der Waals surface area contributed by atoms with Crippen molar-refractivity contribution in [2.45, 2.75) is 6.92 Å². The van der Waals surface area contributed by atoms with Crippen LogP contribution in [0.2, 0.25) is 5.02 Å². The smallest absolute Gasteiger partial charge is 0.143 e. The number of para-hydroxylation sites is 1. The summed E-state index contributed by atoms with van der Waals surface area (Å²) in [4.78, 5) is 4.62. The second kappa shape index (κ2) is 6.22. The van der Waals surface area contributed by atoms with Crippen LogP contribution in [0, 0.1) is 12.7 Å². The highest BCUT2D eigenvalue weighted by atomic mass is 35.5. The summed E-state index contributed by atoms with van der Waals surface area (Å²) in [6, 6.07) is 18.7. The average molecular weight is 352 g/mol. The lowest BCUT2D eigenvalue weighted by Gasteiger charge is -2.11. The van der Waals surface area contributed by atoms with Crippen LogP contribution in [0.4, 0.5) is 15.9 Å². The van der Waals surface area contributed by atoms with E-state index in [1.807, 2.05) is 59.1 Å². The Labute approximate surface area is 149 Å². The van der Waals surface area contributed by atoms with E-state index < -0.39 is 0 Å². The summed E-state index contributed by atoms with van der Waals surface area (Å²) in [5.74, 6) is 0.320. The van der Waals surface area contributed by atoms with Gasteiger partial charge < -0.3 is 5.32 Å². The van der Waals surface area contributed by atoms with Crippen LogP contribution >= 0.6 is 11.6 Å². The van der Waals surface area contributed by atoms with Crippen LogP contribution in [0.5, 0.6) is 0 Å². The number of fused-ring (bicyclic) bond motifs is 1. The van der Waals surface area contributed by atoms with Crippen LogP contribution < -0.4 is 5.32 Å². The third kappa shape index (κ3) is 2.75. The van der Waals surface area contributed by atoms with Gasteiger partial charge in [0.25, 0.3) is 0 Å². The summed E-state index contributed by atoms with van der Waals surface area (Å²) in [6.45, 7) is 1.72. The minimum Gasteiger partial charge on any atom is -0.339 e. The van der Waals surface area contributed by atoms with Gasteiger partial charge in [-0.1, -0.05) is 41.9 Å². The topological polar surface area (TPSA) is 29.3 Å². The molecule has 2 aromatic carbocycles. The molecule has 0 bridgehead atoms. The Morgan fingerprint density at radius 3 is 2.56 bits per heavy atom. The molecule has 124 valence electrons. The van der Waals surface area contributed by atoms with E-state index in [9.17, 15) is 4.39 Å². The molecule has 3 nitrogen and oxygen atoms in total. The van der Waals surface area contributed by atoms with Gasteiger partial charge in [0.05, 0.1) is 10.6 Å². The molecule has 5 heteroatoms. The van der Waals surface area contributed by atoms with Gasteiger partial charge in [0.2, 0.25) is 0 Å². The van der Waals surface area contributed by atoms with E-state index >= 15 is 0 Å². The number of hydrogen-bond acceptors (Lipinski definition) is 2. The number of aromatic nitrogens is 2. The van der Waals surface area contributed by atoms with Gasteiger partial charge in [-0.25, -0.2) is 9.37 Å². The zero-order chi connectivity index (χ0) is 17.4. The fourth-order valence-corrected chi connectivity index (χ4v) is 3.06. The van der Waals surface area contributed by atoms with Crippen LogP contribution in [0.1, 0.15) is 5.56 Å². The zero-order valence-corrected chi connectivity index (χ0v) is 14.3. The van der Waals surface area contributed by atoms with Crippen molar-refractivity contribution in [1.29, 1.82) is 0 Å². The van der Waals surface area contributed by atoms with Crippen LogP contribution in [0.3, 0.4) is 0 Å². The van der Waals surface area contributed by atoms with Crippen LogP contribution in [-0.2, 0) is 0 Å². The number of aryl methyl sites for hydroxylation is 1. The van der Waals surface area contributed by atoms with Crippen LogP contribution in [0.25, 0.3) is 16.9 Å². The van der Waals surface area contributed by atoms with Gasteiger partial charge in [-0.3, -0.25) is 4.40 Å². The lowest BCUT2D eigenvalue weighted by Crippen LogP contribution is -1.98. The van der Waals surface area contributed by atoms with Gasteiger partial charge in [0.15, 0.2) is 0 Å². The van der Waals surface area contributed by atoms with Gasteiger partial charge in [0, 0.05) is 11.9 Å². The van der Waals surface area contributed by atoms with E-state index in [-0.39, 0.29) is 5.82 Å². The Hall–Kier alpha value is -2.85. The standard InChI is InChI=1S/C20H15ClFN3/c1-13-10-11-15(21)17(18(13)22)19-20(23-14-7-3-2-4-8-14)25-12-6-5-9-16(25)24-19/h2-12,23H,1H3. The molecule has 2 heterocycles. The summed E-state index contributed by atoms with van der Waals surface area (Å²) in [6.07, 6.45) is 1.89. The molecule has 25 heavy (non-hydrogen) atoms. The quantitative estimate of drug-likeness (QED) is 0.502. The molecule has 0 aliphatic heterocycles. The van der Waals surface area contributed by atoms with Gasteiger partial charge >= 0.3 is 0 Å². The Kier molecular flexibility index (Phi) is 3.90. The average Bonchev–Trinajstić information content (AvgIpc) is 2.98. The second-order valence-electron chi connectivity index (χ2n) is 5.78. The van der Waals surface area contributed by atoms with Crippen molar-refractivity contribution in [3.8, 4) is 11.3 Å². The van der Waals surface area contributed by atoms with Crippen molar-refractivity contribution < 1.29 is 4.39 Å². The molecule has 0 unspecified atom stereocenters. The first-order chi connectivity index (χ1) is 12.1. The Morgan fingerprint density at radius 2 is 1.76 bits per heavy atom. The molecule has 4 aromatic rings. The predicted molar refractivity (Wildman–Crippen MR) is 100 cm³/mol. The maximum absolute atomic E-state index is 14.8. The van der Waals surface area contributed by atoms with Gasteiger partial charge in [-0.05, 0) is 42.8 Å². The zero-order valence-electron chi connectivity index (χ0n) is 13.5. The van der Waals surface area contributed by atoms with Crippen molar-refractivity contribution in [3.05, 3.63) is 83.3 Å². The lowest BCUT2D eigenvalue weighted by atomic mass is 10.1. The summed E-state index contributed by atoms with van der Waals surface area (Å²) < 4.78 is 16.7. The predicted octanol–water partition coefficient (Wildman–Crippen LogP) is 5.85. The van der Waals surface area contributed by atoms with E-state index in [2.05, 4.69) is 10.3 Å². The van der Waals surface area contributed by atoms with Crippen LogP contribution in [-0.4, -0.2) is 9.38 Å². The Balaban J connectivity index is 1.99. The first-order valence-electron chi connectivity index (χ1n) is 7.89. The normalized spacial score (nSPS) is 11.0. The number of nitrogens with zero attached hydrogens (tertiary/aromatic N) is 2. The number of nitrogens with one attached hydrogen (secondary N) is 1. The highest BCUT2D eigenvalue weighted by molar-refractivity contribution is 6.33. The molecule has 0 amide bonds. The number of benzene rings is 2. The molecule has 2 aromatic heterocycles. The third-order valence-corrected chi connectivity index (χ3v) is 4.40. The van der Waals surface area contributed by atoms with Gasteiger partial charge in [-0.15, -0.1) is 0 Å². The highest BCUT2D eigenvalue weighted by Gasteiger charge is 2.21. The number of anilines is 2. The van der Waals surface area contributed by atoms with Crippen molar-refractivity contribution in [1.82, 2.24) is 9.38 Å². The maximum Gasteiger partial charge on any atom is 0.143 e. The van der Waals surface area contributed by atoms with E-state index in [0.29, 0.717) is 33.3 Å². The van der Waals surface area contributed by atoms with E-state index in [0.717, 1.165) is 5.69 Å². The molecule has 0 aliphatic carbocycles. The molecule has 0 radical (unpaired) electrons. The molecular formula is C20H15ClFN3. The number of imidazole rings is 1. The minimum atomic E-state index is -0.355. The molecule has 0 spiro atoms. The SMILES string of the molecule is Cc1ccc(Cl)c(-c2nc3ccccn3c2Nc2ccccc2)c1F. The molecule has 4 rings (SSSR count). The highest BCUT2D eigenvalue weighted by Crippen LogP contribution is 2.37. The first-order valence-corrected chi connectivity index (χ1v) is 8.27. The van der Waals surface area contributed by atoms with Crippen molar-refractivity contribution in [2.24, 2.45) is 0 Å². The monoisotopic (exact) mass is 351 g/mol. The number of rotatable bonds is 3. The summed E-state index contributed by atoms with van der Waals surface area (Å²) in [5.41, 5.74) is 2.93. The molecule has 0 fully saturated rings.